The van der Waals surface area contributed by atoms with Crippen molar-refractivity contribution in [3.63, 3.8) is 0 Å². The molecule has 15 heavy (non-hydrogen) atoms. The molecule has 1 aromatic rings. The molecule has 1 atom stereocenters. The molecule has 1 fully saturated rings. The highest BCUT2D eigenvalue weighted by Crippen LogP contribution is 2.19. The van der Waals surface area contributed by atoms with Crippen molar-refractivity contribution in [3.05, 3.63) is 18.5 Å². The van der Waals surface area contributed by atoms with Gasteiger partial charge < -0.3 is 10.4 Å². The molecule has 0 aliphatic heterocycles. The Morgan fingerprint density at radius 3 is 2.87 bits per heavy atom. The van der Waals surface area contributed by atoms with Crippen LogP contribution in [0.1, 0.15) is 12.8 Å². The van der Waals surface area contributed by atoms with Crippen LogP contribution in [0.4, 0.5) is 0 Å². The van der Waals surface area contributed by atoms with Gasteiger partial charge in [0.15, 0.2) is 5.16 Å². The number of aliphatic hydroxyl groups excluding tert-OH is 1. The first-order valence-corrected chi connectivity index (χ1v) is 6.14. The first kappa shape index (κ1) is 10.9. The van der Waals surface area contributed by atoms with Gasteiger partial charge in [-0.1, -0.05) is 11.8 Å². The second-order valence-electron chi connectivity index (χ2n) is 3.68. The predicted molar refractivity (Wildman–Crippen MR) is 59.8 cm³/mol. The minimum Gasteiger partial charge on any atom is -0.391 e. The molecule has 1 aliphatic carbocycles. The van der Waals surface area contributed by atoms with Crippen LogP contribution in [0.2, 0.25) is 0 Å². The summed E-state index contributed by atoms with van der Waals surface area (Å²) in [4.78, 5) is 8.16. The molecule has 0 bridgehead atoms. The fourth-order valence-corrected chi connectivity index (χ4v) is 1.91. The van der Waals surface area contributed by atoms with Crippen molar-refractivity contribution >= 4 is 11.8 Å². The zero-order valence-electron chi connectivity index (χ0n) is 8.47. The number of aliphatic hydroxyl groups is 1. The number of rotatable bonds is 6. The number of nitrogens with one attached hydrogen (secondary N) is 1. The van der Waals surface area contributed by atoms with Crippen LogP contribution in [0.15, 0.2) is 23.6 Å². The summed E-state index contributed by atoms with van der Waals surface area (Å²) in [5.41, 5.74) is 0. The van der Waals surface area contributed by atoms with E-state index in [0.29, 0.717) is 18.3 Å². The Bertz CT molecular complexity index is 292. The summed E-state index contributed by atoms with van der Waals surface area (Å²) >= 11 is 1.49. The number of hydrogen-bond donors (Lipinski definition) is 2. The Labute approximate surface area is 93.5 Å². The molecule has 0 spiro atoms. The average Bonchev–Trinajstić information content (AvgIpc) is 3.09. The van der Waals surface area contributed by atoms with E-state index >= 15 is 0 Å². The van der Waals surface area contributed by atoms with E-state index in [9.17, 15) is 5.11 Å². The Balaban J connectivity index is 1.63. The van der Waals surface area contributed by atoms with Crippen molar-refractivity contribution in [2.45, 2.75) is 30.1 Å². The third-order valence-electron chi connectivity index (χ3n) is 2.17. The van der Waals surface area contributed by atoms with Crippen molar-refractivity contribution in [1.82, 2.24) is 15.3 Å². The Morgan fingerprint density at radius 2 is 2.20 bits per heavy atom. The molecule has 82 valence electrons. The van der Waals surface area contributed by atoms with E-state index in [1.165, 1.54) is 24.6 Å². The zero-order chi connectivity index (χ0) is 10.5. The number of thioether (sulfide) groups is 1. The lowest BCUT2D eigenvalue weighted by Gasteiger charge is -2.09. The second-order valence-corrected chi connectivity index (χ2v) is 4.67. The molecule has 0 aromatic carbocycles. The molecule has 1 aliphatic rings. The number of nitrogens with zero attached hydrogens (tertiary/aromatic N) is 2. The van der Waals surface area contributed by atoms with Gasteiger partial charge in [-0.3, -0.25) is 0 Å². The highest BCUT2D eigenvalue weighted by atomic mass is 32.2. The summed E-state index contributed by atoms with van der Waals surface area (Å²) in [6, 6.07) is 2.44. The fourth-order valence-electron chi connectivity index (χ4n) is 1.18. The summed E-state index contributed by atoms with van der Waals surface area (Å²) in [5.74, 6) is 0.643. The summed E-state index contributed by atoms with van der Waals surface area (Å²) in [6.07, 6.45) is 5.61. The van der Waals surface area contributed by atoms with E-state index in [1.807, 2.05) is 0 Å². The number of hydrogen-bond acceptors (Lipinski definition) is 5. The minimum absolute atomic E-state index is 0.320. The van der Waals surface area contributed by atoms with Crippen molar-refractivity contribution in [3.8, 4) is 0 Å². The van der Waals surface area contributed by atoms with Crippen LogP contribution >= 0.6 is 11.8 Å². The summed E-state index contributed by atoms with van der Waals surface area (Å²) in [6.45, 7) is 0.671. The second kappa shape index (κ2) is 5.44. The highest BCUT2D eigenvalue weighted by molar-refractivity contribution is 7.99. The molecular formula is C10H15N3OS. The molecular weight excluding hydrogens is 210 g/mol. The maximum absolute atomic E-state index is 9.65. The number of aromatic nitrogens is 2. The van der Waals surface area contributed by atoms with Gasteiger partial charge in [0.1, 0.15) is 0 Å². The van der Waals surface area contributed by atoms with E-state index in [1.54, 1.807) is 18.5 Å². The average molecular weight is 225 g/mol. The van der Waals surface area contributed by atoms with Crippen LogP contribution in [0, 0.1) is 0 Å². The van der Waals surface area contributed by atoms with Gasteiger partial charge in [-0.15, -0.1) is 0 Å². The summed E-state index contributed by atoms with van der Waals surface area (Å²) in [5, 5.41) is 13.7. The molecule has 2 N–H and O–H groups in total. The van der Waals surface area contributed by atoms with Crippen LogP contribution in [0.25, 0.3) is 0 Å². The molecule has 0 amide bonds. The van der Waals surface area contributed by atoms with Gasteiger partial charge in [-0.25, -0.2) is 9.97 Å². The summed E-state index contributed by atoms with van der Waals surface area (Å²) in [7, 11) is 0. The fraction of sp³-hybridized carbons (Fsp3) is 0.600. The summed E-state index contributed by atoms with van der Waals surface area (Å²) < 4.78 is 0. The Hall–Kier alpha value is -0.650. The standard InChI is InChI=1S/C10H15N3OS/c14-9(6-13-8-2-3-8)7-15-10-11-4-1-5-12-10/h1,4-5,8-9,13-14H,2-3,6-7H2. The topological polar surface area (TPSA) is 58.0 Å². The molecule has 2 rings (SSSR count). The van der Waals surface area contributed by atoms with E-state index in [2.05, 4.69) is 15.3 Å². The molecule has 1 unspecified atom stereocenters. The Morgan fingerprint density at radius 1 is 1.47 bits per heavy atom. The molecule has 1 heterocycles. The largest absolute Gasteiger partial charge is 0.391 e. The SMILES string of the molecule is OC(CNC1CC1)CSc1ncccn1. The molecule has 4 nitrogen and oxygen atoms in total. The molecule has 0 saturated heterocycles. The van der Waals surface area contributed by atoms with Crippen molar-refractivity contribution in [2.24, 2.45) is 0 Å². The van der Waals surface area contributed by atoms with E-state index < -0.39 is 0 Å². The molecule has 0 radical (unpaired) electrons. The van der Waals surface area contributed by atoms with Gasteiger partial charge in [0.2, 0.25) is 0 Å². The lowest BCUT2D eigenvalue weighted by Crippen LogP contribution is -2.29. The van der Waals surface area contributed by atoms with E-state index in [4.69, 9.17) is 0 Å². The highest BCUT2D eigenvalue weighted by Gasteiger charge is 2.21. The van der Waals surface area contributed by atoms with E-state index in [0.717, 1.165) is 5.16 Å². The van der Waals surface area contributed by atoms with Gasteiger partial charge in [0, 0.05) is 30.7 Å². The lowest BCUT2D eigenvalue weighted by molar-refractivity contribution is 0.195. The van der Waals surface area contributed by atoms with Gasteiger partial charge in [-0.05, 0) is 18.9 Å². The lowest BCUT2D eigenvalue weighted by atomic mass is 10.4. The van der Waals surface area contributed by atoms with Gasteiger partial charge in [0.25, 0.3) is 0 Å². The third-order valence-corrected chi connectivity index (χ3v) is 3.19. The molecule has 5 heteroatoms. The minimum atomic E-state index is -0.320. The van der Waals surface area contributed by atoms with Crippen molar-refractivity contribution in [2.75, 3.05) is 12.3 Å². The van der Waals surface area contributed by atoms with Crippen LogP contribution in [-0.4, -0.2) is 39.5 Å². The van der Waals surface area contributed by atoms with Gasteiger partial charge in [-0.2, -0.15) is 0 Å². The first-order chi connectivity index (χ1) is 7.34. The zero-order valence-corrected chi connectivity index (χ0v) is 9.28. The molecule has 1 saturated carbocycles. The smallest absolute Gasteiger partial charge is 0.187 e. The van der Waals surface area contributed by atoms with Crippen LogP contribution in [0.3, 0.4) is 0 Å². The Kier molecular flexibility index (Phi) is 3.94. The predicted octanol–water partition coefficient (Wildman–Crippen LogP) is 0.682. The first-order valence-electron chi connectivity index (χ1n) is 5.16. The van der Waals surface area contributed by atoms with Crippen molar-refractivity contribution < 1.29 is 5.11 Å². The maximum Gasteiger partial charge on any atom is 0.187 e. The van der Waals surface area contributed by atoms with Crippen molar-refractivity contribution in [1.29, 1.82) is 0 Å². The maximum atomic E-state index is 9.65. The van der Waals surface area contributed by atoms with E-state index in [-0.39, 0.29) is 6.10 Å². The van der Waals surface area contributed by atoms with Gasteiger partial charge in [0.05, 0.1) is 6.10 Å². The quantitative estimate of drug-likeness (QED) is 0.551. The normalized spacial score (nSPS) is 17.7. The van der Waals surface area contributed by atoms with Crippen LogP contribution in [-0.2, 0) is 0 Å². The van der Waals surface area contributed by atoms with Gasteiger partial charge >= 0.3 is 0 Å². The molecule has 1 aromatic heterocycles. The monoisotopic (exact) mass is 225 g/mol. The van der Waals surface area contributed by atoms with Crippen LogP contribution < -0.4 is 5.32 Å². The third kappa shape index (κ3) is 4.15. The van der Waals surface area contributed by atoms with Crippen LogP contribution in [0.5, 0.6) is 0 Å².